The molecule has 0 bridgehead atoms. The second-order valence-corrected chi connectivity index (χ2v) is 7.37. The zero-order valence-electron chi connectivity index (χ0n) is 15.3. The van der Waals surface area contributed by atoms with Gasteiger partial charge in [-0.05, 0) is 43.9 Å². The van der Waals surface area contributed by atoms with Gasteiger partial charge in [0, 0.05) is 6.42 Å². The molecule has 136 valence electrons. The normalized spacial score (nSPS) is 21.0. The van der Waals surface area contributed by atoms with E-state index in [9.17, 15) is 4.79 Å². The van der Waals surface area contributed by atoms with Gasteiger partial charge in [-0.15, -0.1) is 0 Å². The van der Waals surface area contributed by atoms with E-state index in [1.54, 1.807) is 11.3 Å². The van der Waals surface area contributed by atoms with Crippen molar-refractivity contribution in [3.8, 4) is 0 Å². The number of hydrogen-bond donors (Lipinski definition) is 1. The molecule has 0 saturated carbocycles. The molecule has 1 aromatic carbocycles. The molecule has 1 fully saturated rings. The van der Waals surface area contributed by atoms with Crippen molar-refractivity contribution in [1.29, 1.82) is 0 Å². The number of nitrogens with one attached hydrogen (secondary N) is 1. The first-order valence-electron chi connectivity index (χ1n) is 9.54. The highest BCUT2D eigenvalue weighted by atomic mass is 16.3. The summed E-state index contributed by atoms with van der Waals surface area (Å²) in [5.41, 5.74) is 3.25. The Bertz CT molecular complexity index is 774. The minimum Gasteiger partial charge on any atom is -0.467 e. The molecule has 5 heteroatoms. The summed E-state index contributed by atoms with van der Waals surface area (Å²) in [6.45, 7) is 4.75. The van der Waals surface area contributed by atoms with Crippen LogP contribution in [0, 0.1) is 6.92 Å². The molecule has 2 aliphatic heterocycles. The van der Waals surface area contributed by atoms with Crippen LogP contribution < -0.4 is 4.90 Å². The van der Waals surface area contributed by atoms with Crippen LogP contribution in [0.3, 0.4) is 0 Å². The van der Waals surface area contributed by atoms with E-state index in [4.69, 9.17) is 9.52 Å². The van der Waals surface area contributed by atoms with Crippen LogP contribution in [0.15, 0.2) is 52.2 Å². The minimum atomic E-state index is -0.141. The van der Waals surface area contributed by atoms with Gasteiger partial charge in [0.2, 0.25) is 0 Å². The average Bonchev–Trinajstić information content (AvgIpc) is 3.33. The van der Waals surface area contributed by atoms with E-state index in [0.717, 1.165) is 30.1 Å². The summed E-state index contributed by atoms with van der Waals surface area (Å²) in [7, 11) is 0. The maximum atomic E-state index is 13.0. The van der Waals surface area contributed by atoms with Crippen LogP contribution in [0.1, 0.15) is 48.6 Å². The monoisotopic (exact) mass is 352 g/mol. The zero-order chi connectivity index (χ0) is 17.9. The van der Waals surface area contributed by atoms with E-state index in [2.05, 4.69) is 31.2 Å². The molecule has 1 amide bonds. The summed E-state index contributed by atoms with van der Waals surface area (Å²) in [6, 6.07) is 12.0. The fourth-order valence-corrected chi connectivity index (χ4v) is 3.89. The number of carbonyl (C=O) groups is 1. The predicted molar refractivity (Wildman–Crippen MR) is 100 cm³/mol. The molecule has 26 heavy (non-hydrogen) atoms. The molecule has 0 radical (unpaired) electrons. The Kier molecular flexibility index (Phi) is 4.89. The Balaban J connectivity index is 1.56. The Morgan fingerprint density at radius 2 is 1.96 bits per heavy atom. The summed E-state index contributed by atoms with van der Waals surface area (Å²) in [5, 5.41) is 6.38. The number of hydrogen-bond acceptors (Lipinski definition) is 3. The molecular formula is C21H26N3O2+. The quantitative estimate of drug-likeness (QED) is 0.918. The van der Waals surface area contributed by atoms with E-state index in [1.165, 1.54) is 29.7 Å². The van der Waals surface area contributed by atoms with Crippen molar-refractivity contribution in [2.45, 2.75) is 38.6 Å². The molecule has 4 rings (SSSR count). The SMILES string of the molecule is Cc1ccc(C2=NN(C(=O)C[NH+]3CCCCC3)[C@@H](c3ccco3)C2)cc1. The number of likely N-dealkylation sites (tertiary alicyclic amines) is 1. The van der Waals surface area contributed by atoms with Crippen LogP contribution in [0.2, 0.25) is 0 Å². The van der Waals surface area contributed by atoms with Crippen LogP contribution in [0.4, 0.5) is 0 Å². The summed E-state index contributed by atoms with van der Waals surface area (Å²) < 4.78 is 5.62. The summed E-state index contributed by atoms with van der Waals surface area (Å²) >= 11 is 0. The molecule has 0 spiro atoms. The predicted octanol–water partition coefficient (Wildman–Crippen LogP) is 2.33. The molecule has 1 atom stereocenters. The largest absolute Gasteiger partial charge is 0.467 e. The number of hydrazone groups is 1. The van der Waals surface area contributed by atoms with Crippen molar-refractivity contribution in [3.63, 3.8) is 0 Å². The Morgan fingerprint density at radius 1 is 1.19 bits per heavy atom. The molecular weight excluding hydrogens is 326 g/mol. The van der Waals surface area contributed by atoms with Gasteiger partial charge in [-0.3, -0.25) is 4.79 Å². The topological polar surface area (TPSA) is 50.2 Å². The lowest BCUT2D eigenvalue weighted by Crippen LogP contribution is -3.13. The number of piperidine rings is 1. The van der Waals surface area contributed by atoms with Crippen LogP contribution in [-0.4, -0.2) is 36.3 Å². The Hall–Kier alpha value is -2.40. The number of furan rings is 1. The number of nitrogens with zero attached hydrogens (tertiary/aromatic N) is 2. The Morgan fingerprint density at radius 3 is 2.65 bits per heavy atom. The van der Waals surface area contributed by atoms with Gasteiger partial charge in [0.15, 0.2) is 6.54 Å². The third-order valence-corrected chi connectivity index (χ3v) is 5.38. The third kappa shape index (κ3) is 3.58. The van der Waals surface area contributed by atoms with Crippen molar-refractivity contribution < 1.29 is 14.1 Å². The maximum absolute atomic E-state index is 13.0. The fraction of sp³-hybridized carbons (Fsp3) is 0.429. The lowest BCUT2D eigenvalue weighted by Gasteiger charge is -2.26. The van der Waals surface area contributed by atoms with E-state index in [1.807, 2.05) is 12.1 Å². The number of quaternary nitrogens is 1. The molecule has 0 aliphatic carbocycles. The van der Waals surface area contributed by atoms with Crippen LogP contribution in [0.5, 0.6) is 0 Å². The fourth-order valence-electron chi connectivity index (χ4n) is 3.89. The van der Waals surface area contributed by atoms with Gasteiger partial charge < -0.3 is 9.32 Å². The smallest absolute Gasteiger partial charge is 0.298 e. The van der Waals surface area contributed by atoms with Gasteiger partial charge in [0.25, 0.3) is 5.91 Å². The number of rotatable bonds is 4. The van der Waals surface area contributed by atoms with Gasteiger partial charge in [-0.1, -0.05) is 29.8 Å². The average molecular weight is 352 g/mol. The standard InChI is InChI=1S/C21H25N3O2/c1-16-7-9-17(10-8-16)18-14-19(20-6-5-13-26-20)24(22-18)21(25)15-23-11-3-2-4-12-23/h5-10,13,19H,2-4,11-12,14-15H2,1H3/p+1/t19-/m1/s1. The van der Waals surface area contributed by atoms with Crippen molar-refractivity contribution in [2.75, 3.05) is 19.6 Å². The highest BCUT2D eigenvalue weighted by Gasteiger charge is 2.36. The molecule has 1 aromatic heterocycles. The number of carbonyl (C=O) groups excluding carboxylic acids is 1. The number of benzene rings is 1. The zero-order valence-corrected chi connectivity index (χ0v) is 15.3. The van der Waals surface area contributed by atoms with Crippen molar-refractivity contribution in [2.24, 2.45) is 5.10 Å². The van der Waals surface area contributed by atoms with Crippen LogP contribution >= 0.6 is 0 Å². The molecule has 1 N–H and O–H groups in total. The molecule has 2 aromatic rings. The minimum absolute atomic E-state index is 0.0883. The van der Waals surface area contributed by atoms with E-state index < -0.39 is 0 Å². The highest BCUT2D eigenvalue weighted by molar-refractivity contribution is 6.03. The van der Waals surface area contributed by atoms with Gasteiger partial charge in [-0.2, -0.15) is 5.10 Å². The molecule has 3 heterocycles. The van der Waals surface area contributed by atoms with Gasteiger partial charge in [-0.25, -0.2) is 5.01 Å². The highest BCUT2D eigenvalue weighted by Crippen LogP contribution is 2.32. The van der Waals surface area contributed by atoms with Crippen molar-refractivity contribution in [3.05, 3.63) is 59.5 Å². The molecule has 5 nitrogen and oxygen atoms in total. The molecule has 2 aliphatic rings. The summed E-state index contributed by atoms with van der Waals surface area (Å²) in [5.74, 6) is 0.892. The van der Waals surface area contributed by atoms with Gasteiger partial charge in [0.1, 0.15) is 11.8 Å². The second-order valence-electron chi connectivity index (χ2n) is 7.37. The first kappa shape index (κ1) is 17.0. The summed E-state index contributed by atoms with van der Waals surface area (Å²) in [6.07, 6.45) is 6.06. The maximum Gasteiger partial charge on any atom is 0.298 e. The first-order valence-corrected chi connectivity index (χ1v) is 9.54. The molecule has 0 unspecified atom stereocenters. The lowest BCUT2D eigenvalue weighted by atomic mass is 10.0. The Labute approximate surface area is 154 Å². The van der Waals surface area contributed by atoms with Gasteiger partial charge in [0.05, 0.1) is 25.1 Å². The third-order valence-electron chi connectivity index (χ3n) is 5.38. The van der Waals surface area contributed by atoms with Crippen LogP contribution in [0.25, 0.3) is 0 Å². The first-order chi connectivity index (χ1) is 12.7. The molecule has 1 saturated heterocycles. The van der Waals surface area contributed by atoms with E-state index in [0.29, 0.717) is 13.0 Å². The number of amides is 1. The summed E-state index contributed by atoms with van der Waals surface area (Å²) in [4.78, 5) is 14.4. The number of aryl methyl sites for hydroxylation is 1. The second kappa shape index (κ2) is 7.46. The van der Waals surface area contributed by atoms with Crippen molar-refractivity contribution >= 4 is 11.6 Å². The lowest BCUT2D eigenvalue weighted by molar-refractivity contribution is -0.897. The van der Waals surface area contributed by atoms with Gasteiger partial charge >= 0.3 is 0 Å². The van der Waals surface area contributed by atoms with Crippen LogP contribution in [-0.2, 0) is 4.79 Å². The van der Waals surface area contributed by atoms with Crippen molar-refractivity contribution in [1.82, 2.24) is 5.01 Å². The van der Waals surface area contributed by atoms with E-state index in [-0.39, 0.29) is 11.9 Å². The van der Waals surface area contributed by atoms with E-state index >= 15 is 0 Å².